The van der Waals surface area contributed by atoms with Gasteiger partial charge in [0.25, 0.3) is 0 Å². The maximum absolute atomic E-state index is 14.0. The van der Waals surface area contributed by atoms with Gasteiger partial charge in [0.05, 0.1) is 25.5 Å². The molecule has 210 valence electrons. The second-order valence-corrected chi connectivity index (χ2v) is 11.4. The summed E-state index contributed by atoms with van der Waals surface area (Å²) in [6.07, 6.45) is -1.22. The minimum Gasteiger partial charge on any atom is -0.461 e. The predicted octanol–water partition coefficient (Wildman–Crippen LogP) is 4.13. The molecule has 3 heterocycles. The Hall–Kier alpha value is -3.54. The number of hydrogen-bond acceptors (Lipinski definition) is 11. The number of halogens is 1. The normalized spacial score (nSPS) is 20.3. The summed E-state index contributed by atoms with van der Waals surface area (Å²) in [5.74, 6) is -0.136. The number of nitrogen functional groups attached to an aromatic ring is 1. The Bertz CT molecular complexity index is 1510. The number of hydrogen-bond donors (Lipinski definition) is 2. The summed E-state index contributed by atoms with van der Waals surface area (Å²) in [5, 5.41) is 9.98. The van der Waals surface area contributed by atoms with E-state index in [9.17, 15) is 14.5 Å². The first-order chi connectivity index (χ1) is 19.3. The summed E-state index contributed by atoms with van der Waals surface area (Å²) in [6, 6.07) is 17.7. The van der Waals surface area contributed by atoms with Gasteiger partial charge < -0.3 is 24.8 Å². The van der Waals surface area contributed by atoms with Gasteiger partial charge in [0, 0.05) is 6.42 Å². The largest absolute Gasteiger partial charge is 0.461 e. The van der Waals surface area contributed by atoms with Crippen LogP contribution in [0.4, 0.5) is 5.82 Å². The number of rotatable bonds is 11. The first-order valence-corrected chi connectivity index (χ1v) is 14.6. The van der Waals surface area contributed by atoms with Crippen molar-refractivity contribution in [1.29, 1.82) is 0 Å². The molecule has 0 amide bonds. The number of ether oxygens (including phenoxy) is 2. The third kappa shape index (κ3) is 6.60. The van der Waals surface area contributed by atoms with E-state index in [-0.39, 0.29) is 36.7 Å². The number of aliphatic hydroxyl groups excluding tert-OH is 1. The molecule has 14 heteroatoms. The molecule has 2 aromatic heterocycles. The smallest absolute Gasteiger partial charge is 0.380 e. The number of para-hydroxylation sites is 1. The highest BCUT2D eigenvalue weighted by molar-refractivity contribution is 7.54. The van der Waals surface area contributed by atoms with E-state index in [2.05, 4.69) is 15.0 Å². The zero-order chi connectivity index (χ0) is 28.1. The molecule has 0 bridgehead atoms. The van der Waals surface area contributed by atoms with Crippen molar-refractivity contribution < 1.29 is 33.0 Å². The number of nitrogens with two attached hydrogens (primary N) is 1. The van der Waals surface area contributed by atoms with Gasteiger partial charge in [-0.1, -0.05) is 48.5 Å². The van der Waals surface area contributed by atoms with Gasteiger partial charge in [-0.05, 0) is 29.3 Å². The molecule has 0 spiro atoms. The van der Waals surface area contributed by atoms with Crippen LogP contribution in [0.2, 0.25) is 5.28 Å². The van der Waals surface area contributed by atoms with E-state index in [1.54, 1.807) is 34.9 Å². The maximum atomic E-state index is 14.0. The van der Waals surface area contributed by atoms with Gasteiger partial charge >= 0.3 is 13.6 Å². The van der Waals surface area contributed by atoms with Crippen LogP contribution in [0.5, 0.6) is 5.75 Å². The second kappa shape index (κ2) is 12.3. The Labute approximate surface area is 234 Å². The second-order valence-electron chi connectivity index (χ2n) is 9.03. The number of benzene rings is 2. The Kier molecular flexibility index (Phi) is 8.63. The number of aliphatic hydroxyl groups is 1. The van der Waals surface area contributed by atoms with Crippen LogP contribution in [-0.2, 0) is 30.0 Å². The fourth-order valence-electron chi connectivity index (χ4n) is 4.27. The molecule has 2 unspecified atom stereocenters. The fourth-order valence-corrected chi connectivity index (χ4v) is 6.22. The van der Waals surface area contributed by atoms with Crippen molar-refractivity contribution in [2.75, 3.05) is 18.5 Å². The third-order valence-electron chi connectivity index (χ3n) is 6.21. The molecule has 4 aromatic rings. The SMILES string of the molecule is Nc1nc(Cl)nc2c1ncn2[C@H]1CC(OP(=O)(CCC(=O)OCc2ccccc2)Oc2ccccc2)[C@@H](CO)O1. The summed E-state index contributed by atoms with van der Waals surface area (Å²) < 4.78 is 38.8. The molecule has 3 N–H and O–H groups in total. The van der Waals surface area contributed by atoms with E-state index < -0.39 is 38.6 Å². The Balaban J connectivity index is 1.31. The molecule has 12 nitrogen and oxygen atoms in total. The van der Waals surface area contributed by atoms with E-state index >= 15 is 0 Å². The zero-order valence-electron chi connectivity index (χ0n) is 21.2. The monoisotopic (exact) mass is 587 g/mol. The van der Waals surface area contributed by atoms with Gasteiger partial charge in [-0.2, -0.15) is 9.97 Å². The molecule has 1 aliphatic heterocycles. The number of carbonyl (C=O) groups is 1. The topological polar surface area (TPSA) is 161 Å². The van der Waals surface area contributed by atoms with Gasteiger partial charge in [0.2, 0.25) is 5.28 Å². The molecular formula is C26H27ClN5O7P. The lowest BCUT2D eigenvalue weighted by molar-refractivity contribution is -0.144. The summed E-state index contributed by atoms with van der Waals surface area (Å²) in [6.45, 7) is -0.331. The van der Waals surface area contributed by atoms with E-state index in [1.807, 2.05) is 30.3 Å². The number of anilines is 1. The molecule has 0 aliphatic carbocycles. The van der Waals surface area contributed by atoms with Crippen molar-refractivity contribution in [3.8, 4) is 5.75 Å². The van der Waals surface area contributed by atoms with Crippen molar-refractivity contribution in [2.24, 2.45) is 0 Å². The van der Waals surface area contributed by atoms with E-state index in [0.717, 1.165) is 5.56 Å². The number of aromatic nitrogens is 4. The molecular weight excluding hydrogens is 561 g/mol. The average molecular weight is 588 g/mol. The lowest BCUT2D eigenvalue weighted by atomic mass is 10.2. The van der Waals surface area contributed by atoms with Crippen LogP contribution in [-0.4, -0.2) is 55.6 Å². The molecule has 0 radical (unpaired) electrons. The molecule has 4 atom stereocenters. The molecule has 40 heavy (non-hydrogen) atoms. The number of imidazole rings is 1. The minimum absolute atomic E-state index is 0.0591. The van der Waals surface area contributed by atoms with Gasteiger partial charge in [-0.3, -0.25) is 13.9 Å². The van der Waals surface area contributed by atoms with Gasteiger partial charge in [0.1, 0.15) is 36.3 Å². The van der Waals surface area contributed by atoms with Crippen LogP contribution < -0.4 is 10.3 Å². The molecule has 0 saturated carbocycles. The Morgan fingerprint density at radius 3 is 2.60 bits per heavy atom. The highest BCUT2D eigenvalue weighted by Gasteiger charge is 2.43. The first kappa shape index (κ1) is 28.0. The highest BCUT2D eigenvalue weighted by Crippen LogP contribution is 2.52. The van der Waals surface area contributed by atoms with Crippen molar-refractivity contribution in [2.45, 2.75) is 37.9 Å². The molecule has 5 rings (SSSR count). The van der Waals surface area contributed by atoms with Gasteiger partial charge in [0.15, 0.2) is 11.5 Å². The summed E-state index contributed by atoms with van der Waals surface area (Å²) >= 11 is 5.99. The quantitative estimate of drug-likeness (QED) is 0.147. The Morgan fingerprint density at radius 1 is 1.15 bits per heavy atom. The van der Waals surface area contributed by atoms with Gasteiger partial charge in [-0.25, -0.2) is 9.55 Å². The maximum Gasteiger partial charge on any atom is 0.380 e. The molecule has 1 saturated heterocycles. The standard InChI is InChI=1S/C26H27ClN5O7P/c27-26-30-24(28)23-25(31-26)32(16-29-23)21-13-19(20(14-33)37-21)39-40(35,38-18-9-5-2-6-10-18)12-11-22(34)36-15-17-7-3-1-4-8-17/h1-10,16,19-21,33H,11-15H2,(H2,28,30,31)/t19?,20-,21-,40?/m1/s1. The van der Waals surface area contributed by atoms with E-state index in [0.29, 0.717) is 16.9 Å². The lowest BCUT2D eigenvalue weighted by Gasteiger charge is -2.24. The van der Waals surface area contributed by atoms with Gasteiger partial charge in [-0.15, -0.1) is 0 Å². The number of esters is 1. The average Bonchev–Trinajstić information content (AvgIpc) is 3.55. The summed E-state index contributed by atoms with van der Waals surface area (Å²) in [4.78, 5) is 24.8. The van der Waals surface area contributed by atoms with Crippen molar-refractivity contribution in [3.63, 3.8) is 0 Å². The third-order valence-corrected chi connectivity index (χ3v) is 8.23. The van der Waals surface area contributed by atoms with Crippen LogP contribution in [0.3, 0.4) is 0 Å². The minimum atomic E-state index is -3.94. The van der Waals surface area contributed by atoms with Crippen molar-refractivity contribution in [1.82, 2.24) is 19.5 Å². The summed E-state index contributed by atoms with van der Waals surface area (Å²) in [5.41, 5.74) is 7.42. The van der Waals surface area contributed by atoms with E-state index in [1.165, 1.54) is 6.33 Å². The number of carbonyl (C=O) groups excluding carboxylic acids is 1. The molecule has 2 aromatic carbocycles. The Morgan fingerprint density at radius 2 is 1.88 bits per heavy atom. The number of nitrogens with zero attached hydrogens (tertiary/aromatic N) is 4. The van der Waals surface area contributed by atoms with Crippen LogP contribution in [0, 0.1) is 0 Å². The van der Waals surface area contributed by atoms with Crippen molar-refractivity contribution in [3.05, 3.63) is 77.8 Å². The predicted molar refractivity (Wildman–Crippen MR) is 146 cm³/mol. The highest BCUT2D eigenvalue weighted by atomic mass is 35.5. The van der Waals surface area contributed by atoms with Crippen LogP contribution in [0.1, 0.15) is 24.6 Å². The fraction of sp³-hybridized carbons (Fsp3) is 0.308. The van der Waals surface area contributed by atoms with Crippen LogP contribution >= 0.6 is 19.2 Å². The zero-order valence-corrected chi connectivity index (χ0v) is 22.9. The summed E-state index contributed by atoms with van der Waals surface area (Å²) in [7, 11) is -3.94. The number of fused-ring (bicyclic) bond motifs is 1. The van der Waals surface area contributed by atoms with E-state index in [4.69, 9.17) is 35.9 Å². The van der Waals surface area contributed by atoms with Crippen molar-refractivity contribution >= 4 is 42.1 Å². The molecule has 1 fully saturated rings. The van der Waals surface area contributed by atoms with Crippen LogP contribution in [0.15, 0.2) is 67.0 Å². The van der Waals surface area contributed by atoms with Crippen LogP contribution in [0.25, 0.3) is 11.2 Å². The lowest BCUT2D eigenvalue weighted by Crippen LogP contribution is -2.28. The molecule has 1 aliphatic rings. The first-order valence-electron chi connectivity index (χ1n) is 12.5.